The van der Waals surface area contributed by atoms with Crippen molar-refractivity contribution in [3.63, 3.8) is 0 Å². The van der Waals surface area contributed by atoms with Gasteiger partial charge in [0.15, 0.2) is 0 Å². The van der Waals surface area contributed by atoms with Crippen LogP contribution in [0.5, 0.6) is 5.75 Å². The molecule has 18 heavy (non-hydrogen) atoms. The van der Waals surface area contributed by atoms with Gasteiger partial charge in [0, 0.05) is 12.6 Å². The van der Waals surface area contributed by atoms with Crippen molar-refractivity contribution in [2.45, 2.75) is 26.7 Å². The molecule has 0 unspecified atom stereocenters. The Bertz CT molecular complexity index is 535. The maximum absolute atomic E-state index is 12.3. The summed E-state index contributed by atoms with van der Waals surface area (Å²) in [5.41, 5.74) is 1.44. The molecule has 0 amide bonds. The Morgan fingerprint density at radius 3 is 2.61 bits per heavy atom. The van der Waals surface area contributed by atoms with Gasteiger partial charge in [0.2, 0.25) is 10.0 Å². The number of sulfonamides is 1. The van der Waals surface area contributed by atoms with E-state index in [1.807, 2.05) is 13.8 Å². The summed E-state index contributed by atoms with van der Waals surface area (Å²) in [6.07, 6.45) is 2.02. The normalized spacial score (nSPS) is 15.7. The van der Waals surface area contributed by atoms with E-state index >= 15 is 0 Å². The Kier molecular flexibility index (Phi) is 3.52. The highest BCUT2D eigenvalue weighted by atomic mass is 32.2. The van der Waals surface area contributed by atoms with Crippen molar-refractivity contribution in [1.29, 1.82) is 0 Å². The maximum atomic E-state index is 12.3. The van der Waals surface area contributed by atoms with Crippen LogP contribution in [0.1, 0.15) is 25.3 Å². The minimum absolute atomic E-state index is 0.0932. The molecule has 1 aliphatic carbocycles. The lowest BCUT2D eigenvalue weighted by atomic mass is 10.2. The van der Waals surface area contributed by atoms with Crippen LogP contribution in [-0.2, 0) is 10.0 Å². The Hall–Kier alpha value is -1.23. The molecule has 1 aromatic carbocycles. The summed E-state index contributed by atoms with van der Waals surface area (Å²) >= 11 is 0. The van der Waals surface area contributed by atoms with E-state index in [1.165, 1.54) is 10.4 Å². The van der Waals surface area contributed by atoms with E-state index in [-0.39, 0.29) is 11.5 Å². The number of hydrogen-bond acceptors (Lipinski definition) is 3. The molecule has 1 N–H and O–H groups in total. The van der Waals surface area contributed by atoms with Crippen LogP contribution in [0, 0.1) is 12.8 Å². The van der Waals surface area contributed by atoms with Crippen molar-refractivity contribution < 1.29 is 13.5 Å². The van der Waals surface area contributed by atoms with E-state index in [2.05, 4.69) is 0 Å². The molecular weight excluding hydrogens is 250 g/mol. The first-order valence-electron chi connectivity index (χ1n) is 6.24. The van der Waals surface area contributed by atoms with Crippen LogP contribution in [0.3, 0.4) is 0 Å². The van der Waals surface area contributed by atoms with Gasteiger partial charge in [-0.25, -0.2) is 8.42 Å². The zero-order chi connectivity index (χ0) is 13.3. The number of aryl methyl sites for hydroxylation is 1. The van der Waals surface area contributed by atoms with Crippen LogP contribution >= 0.6 is 0 Å². The van der Waals surface area contributed by atoms with Crippen molar-refractivity contribution in [3.8, 4) is 5.75 Å². The quantitative estimate of drug-likeness (QED) is 0.892. The van der Waals surface area contributed by atoms with Gasteiger partial charge in [-0.15, -0.1) is 0 Å². The molecule has 1 fully saturated rings. The van der Waals surface area contributed by atoms with Gasteiger partial charge in [0.05, 0.1) is 11.4 Å². The number of rotatable bonds is 5. The molecule has 100 valence electrons. The molecule has 1 aromatic rings. The Balaban J connectivity index is 2.34. The third-order valence-electron chi connectivity index (χ3n) is 3.23. The van der Waals surface area contributed by atoms with Gasteiger partial charge < -0.3 is 5.11 Å². The van der Waals surface area contributed by atoms with Crippen LogP contribution in [0.15, 0.2) is 18.2 Å². The Labute approximate surface area is 108 Å². The first-order chi connectivity index (χ1) is 8.44. The molecule has 2 rings (SSSR count). The van der Waals surface area contributed by atoms with Gasteiger partial charge in [0.25, 0.3) is 0 Å². The molecule has 5 heteroatoms. The molecule has 4 nitrogen and oxygen atoms in total. The third kappa shape index (κ3) is 2.77. The fourth-order valence-corrected chi connectivity index (χ4v) is 4.05. The molecule has 1 aliphatic rings. The average Bonchev–Trinajstić information content (AvgIpc) is 3.07. The van der Waals surface area contributed by atoms with Crippen LogP contribution in [0.2, 0.25) is 0 Å². The number of hydrogen-bond donors (Lipinski definition) is 1. The second kappa shape index (κ2) is 4.80. The smallest absolute Gasteiger partial charge is 0.235 e. The maximum Gasteiger partial charge on any atom is 0.235 e. The van der Waals surface area contributed by atoms with Crippen molar-refractivity contribution in [1.82, 2.24) is 0 Å². The minimum atomic E-state index is -3.28. The van der Waals surface area contributed by atoms with Gasteiger partial charge in [-0.3, -0.25) is 4.31 Å². The van der Waals surface area contributed by atoms with Crippen LogP contribution < -0.4 is 4.31 Å². The summed E-state index contributed by atoms with van der Waals surface area (Å²) in [6, 6.07) is 4.82. The summed E-state index contributed by atoms with van der Waals surface area (Å²) in [5, 5.41) is 9.52. The third-order valence-corrected chi connectivity index (χ3v) is 5.25. The topological polar surface area (TPSA) is 57.6 Å². The summed E-state index contributed by atoms with van der Waals surface area (Å²) in [6.45, 7) is 4.05. The summed E-state index contributed by atoms with van der Waals surface area (Å²) < 4.78 is 26.0. The van der Waals surface area contributed by atoms with Crippen molar-refractivity contribution in [3.05, 3.63) is 23.8 Å². The molecule has 0 bridgehead atoms. The van der Waals surface area contributed by atoms with Crippen molar-refractivity contribution >= 4 is 15.7 Å². The predicted molar refractivity (Wildman–Crippen MR) is 72.4 cm³/mol. The summed E-state index contributed by atoms with van der Waals surface area (Å²) in [5.74, 6) is 0.632. The Morgan fingerprint density at radius 1 is 1.39 bits per heavy atom. The van der Waals surface area contributed by atoms with E-state index in [9.17, 15) is 13.5 Å². The highest BCUT2D eigenvalue weighted by Crippen LogP contribution is 2.33. The minimum Gasteiger partial charge on any atom is -0.508 e. The lowest BCUT2D eigenvalue weighted by molar-refractivity contribution is 0.475. The molecule has 0 aromatic heterocycles. The van der Waals surface area contributed by atoms with Gasteiger partial charge in [-0.1, -0.05) is 6.07 Å². The number of anilines is 1. The lowest BCUT2D eigenvalue weighted by Crippen LogP contribution is -2.34. The monoisotopic (exact) mass is 269 g/mol. The molecule has 0 heterocycles. The van der Waals surface area contributed by atoms with Gasteiger partial charge in [-0.05, 0) is 44.2 Å². The molecule has 0 radical (unpaired) electrons. The number of aromatic hydroxyl groups is 1. The SMILES string of the molecule is CCN(c1cc(O)ccc1C)S(=O)(=O)CC1CC1. The molecule has 0 spiro atoms. The van der Waals surface area contributed by atoms with E-state index in [1.54, 1.807) is 12.1 Å². The molecule has 1 saturated carbocycles. The predicted octanol–water partition coefficient (Wildman–Crippen LogP) is 2.27. The van der Waals surface area contributed by atoms with Crippen LogP contribution in [-0.4, -0.2) is 25.8 Å². The molecular formula is C13H19NO3S. The van der Waals surface area contributed by atoms with E-state index in [0.29, 0.717) is 18.2 Å². The average molecular weight is 269 g/mol. The van der Waals surface area contributed by atoms with E-state index < -0.39 is 10.0 Å². The highest BCUT2D eigenvalue weighted by Gasteiger charge is 2.32. The first-order valence-corrected chi connectivity index (χ1v) is 7.85. The van der Waals surface area contributed by atoms with Gasteiger partial charge in [-0.2, -0.15) is 0 Å². The standard InChI is InChI=1S/C13H19NO3S/c1-3-14(18(16,17)9-11-5-6-11)13-8-12(15)7-4-10(13)2/h4,7-8,11,15H,3,5-6,9H2,1-2H3. The van der Waals surface area contributed by atoms with E-state index in [0.717, 1.165) is 18.4 Å². The number of nitrogens with zero attached hydrogens (tertiary/aromatic N) is 1. The molecule has 0 atom stereocenters. The van der Waals surface area contributed by atoms with Gasteiger partial charge >= 0.3 is 0 Å². The second-order valence-electron chi connectivity index (χ2n) is 4.86. The zero-order valence-corrected chi connectivity index (χ0v) is 11.6. The van der Waals surface area contributed by atoms with Gasteiger partial charge in [0.1, 0.15) is 5.75 Å². The second-order valence-corrected chi connectivity index (χ2v) is 6.80. The van der Waals surface area contributed by atoms with Crippen molar-refractivity contribution in [2.75, 3.05) is 16.6 Å². The van der Waals surface area contributed by atoms with Crippen LogP contribution in [0.4, 0.5) is 5.69 Å². The number of benzene rings is 1. The lowest BCUT2D eigenvalue weighted by Gasteiger charge is -2.24. The highest BCUT2D eigenvalue weighted by molar-refractivity contribution is 7.92. The number of phenolic OH excluding ortho intramolecular Hbond substituents is 1. The van der Waals surface area contributed by atoms with E-state index in [4.69, 9.17) is 0 Å². The molecule has 0 aliphatic heterocycles. The Morgan fingerprint density at radius 2 is 2.06 bits per heavy atom. The fraction of sp³-hybridized carbons (Fsp3) is 0.538. The first kappa shape index (κ1) is 13.2. The summed E-state index contributed by atoms with van der Waals surface area (Å²) in [4.78, 5) is 0. The zero-order valence-electron chi connectivity index (χ0n) is 10.8. The van der Waals surface area contributed by atoms with Crippen LogP contribution in [0.25, 0.3) is 0 Å². The summed E-state index contributed by atoms with van der Waals surface area (Å²) in [7, 11) is -3.28. The van der Waals surface area contributed by atoms with Crippen molar-refractivity contribution in [2.24, 2.45) is 5.92 Å². The largest absolute Gasteiger partial charge is 0.508 e. The molecule has 0 saturated heterocycles. The fourth-order valence-electron chi connectivity index (χ4n) is 2.06. The number of phenols is 1.